The van der Waals surface area contributed by atoms with E-state index >= 15 is 0 Å². The second-order valence-electron chi connectivity index (χ2n) is 5.85. The van der Waals surface area contributed by atoms with Crippen LogP contribution in [-0.2, 0) is 0 Å². The third-order valence-electron chi connectivity index (χ3n) is 3.56. The molecule has 0 saturated heterocycles. The van der Waals surface area contributed by atoms with E-state index in [1.54, 1.807) is 30.3 Å². The Labute approximate surface area is 174 Å². The van der Waals surface area contributed by atoms with E-state index < -0.39 is 6.36 Å². The second-order valence-corrected chi connectivity index (χ2v) is 6.72. The van der Waals surface area contributed by atoms with Gasteiger partial charge in [0.2, 0.25) is 5.95 Å². The van der Waals surface area contributed by atoms with Crippen LogP contribution in [-0.4, -0.2) is 22.9 Å². The Bertz CT molecular complexity index is 995. The van der Waals surface area contributed by atoms with Crippen molar-refractivity contribution < 1.29 is 17.9 Å². The predicted octanol–water partition coefficient (Wildman–Crippen LogP) is 6.52. The van der Waals surface area contributed by atoms with Gasteiger partial charge in [0.1, 0.15) is 11.6 Å². The average Bonchev–Trinajstić information content (AvgIpc) is 2.59. The Morgan fingerprint density at radius 2 is 1.72 bits per heavy atom. The van der Waals surface area contributed by atoms with E-state index in [1.807, 2.05) is 6.92 Å². The zero-order valence-corrected chi connectivity index (χ0v) is 16.5. The Morgan fingerprint density at radius 3 is 2.38 bits per heavy atom. The molecule has 0 aliphatic heterocycles. The maximum absolute atomic E-state index is 12.5. The van der Waals surface area contributed by atoms with Gasteiger partial charge in [-0.05, 0) is 37.3 Å². The Morgan fingerprint density at radius 1 is 1.00 bits per heavy atom. The van der Waals surface area contributed by atoms with E-state index in [2.05, 4.69) is 25.3 Å². The number of aromatic nitrogens is 2. The molecule has 0 bridgehead atoms. The summed E-state index contributed by atoms with van der Waals surface area (Å²) < 4.78 is 41.6. The molecule has 0 aliphatic rings. The summed E-state index contributed by atoms with van der Waals surface area (Å²) in [4.78, 5) is 8.71. The van der Waals surface area contributed by atoms with Gasteiger partial charge in [0.15, 0.2) is 0 Å². The van der Waals surface area contributed by atoms with Crippen molar-refractivity contribution in [3.8, 4) is 17.0 Å². The summed E-state index contributed by atoms with van der Waals surface area (Å²) in [5, 5.41) is 6.96. The molecule has 3 aromatic rings. The summed E-state index contributed by atoms with van der Waals surface area (Å²) in [7, 11) is 0. The van der Waals surface area contributed by atoms with Crippen molar-refractivity contribution in [2.24, 2.45) is 0 Å². The maximum Gasteiger partial charge on any atom is 0.573 e. The number of benzene rings is 2. The van der Waals surface area contributed by atoms with Crippen LogP contribution in [0.1, 0.15) is 6.92 Å². The summed E-state index contributed by atoms with van der Waals surface area (Å²) in [6.45, 7) is 2.43. The van der Waals surface area contributed by atoms with Crippen molar-refractivity contribution in [1.82, 2.24) is 9.97 Å². The SMILES string of the molecule is CCNc1nc(Nc2cc(Cl)cc(Cl)c2)cc(-c2cccc(OC(F)(F)F)c2)n1. The molecule has 29 heavy (non-hydrogen) atoms. The fourth-order valence-corrected chi connectivity index (χ4v) is 3.05. The van der Waals surface area contributed by atoms with Gasteiger partial charge in [-0.2, -0.15) is 4.98 Å². The van der Waals surface area contributed by atoms with Crippen LogP contribution in [0.4, 0.5) is 30.6 Å². The molecule has 1 aromatic heterocycles. The second kappa shape index (κ2) is 8.75. The fraction of sp³-hybridized carbons (Fsp3) is 0.158. The van der Waals surface area contributed by atoms with Crippen molar-refractivity contribution in [3.05, 3.63) is 58.6 Å². The molecular formula is C19H15Cl2F3N4O. The smallest absolute Gasteiger partial charge is 0.406 e. The zero-order chi connectivity index (χ0) is 21.0. The van der Waals surface area contributed by atoms with Crippen LogP contribution in [0.15, 0.2) is 48.5 Å². The van der Waals surface area contributed by atoms with Crippen LogP contribution >= 0.6 is 23.2 Å². The first-order valence-electron chi connectivity index (χ1n) is 8.44. The van der Waals surface area contributed by atoms with Gasteiger partial charge in [0.25, 0.3) is 0 Å². The van der Waals surface area contributed by atoms with Gasteiger partial charge >= 0.3 is 6.36 Å². The fourth-order valence-electron chi connectivity index (χ4n) is 2.52. The first-order chi connectivity index (χ1) is 13.7. The molecular weight excluding hydrogens is 428 g/mol. The van der Waals surface area contributed by atoms with Crippen molar-refractivity contribution in [2.75, 3.05) is 17.2 Å². The van der Waals surface area contributed by atoms with Crippen LogP contribution in [0.25, 0.3) is 11.3 Å². The number of hydrogen-bond donors (Lipinski definition) is 2. The quantitative estimate of drug-likeness (QED) is 0.454. The molecule has 3 rings (SSSR count). The van der Waals surface area contributed by atoms with Crippen LogP contribution in [0.5, 0.6) is 5.75 Å². The number of ether oxygens (including phenoxy) is 1. The van der Waals surface area contributed by atoms with Gasteiger partial charge in [-0.1, -0.05) is 35.3 Å². The number of nitrogens with zero attached hydrogens (tertiary/aromatic N) is 2. The van der Waals surface area contributed by atoms with Gasteiger partial charge in [0.05, 0.1) is 5.69 Å². The maximum atomic E-state index is 12.5. The Balaban J connectivity index is 1.98. The highest BCUT2D eigenvalue weighted by Crippen LogP contribution is 2.30. The van der Waals surface area contributed by atoms with Crippen molar-refractivity contribution in [3.63, 3.8) is 0 Å². The third kappa shape index (κ3) is 6.13. The van der Waals surface area contributed by atoms with E-state index in [4.69, 9.17) is 23.2 Å². The van der Waals surface area contributed by atoms with Crippen molar-refractivity contribution in [1.29, 1.82) is 0 Å². The van der Waals surface area contributed by atoms with Crippen LogP contribution < -0.4 is 15.4 Å². The predicted molar refractivity (Wildman–Crippen MR) is 108 cm³/mol. The lowest BCUT2D eigenvalue weighted by atomic mass is 10.1. The summed E-state index contributed by atoms with van der Waals surface area (Å²) in [6.07, 6.45) is -4.78. The molecule has 2 aromatic carbocycles. The molecule has 10 heteroatoms. The number of nitrogens with one attached hydrogen (secondary N) is 2. The van der Waals surface area contributed by atoms with Gasteiger partial charge < -0.3 is 15.4 Å². The molecule has 0 aliphatic carbocycles. The number of halogens is 5. The summed E-state index contributed by atoms with van der Waals surface area (Å²) in [5.41, 5.74) is 1.43. The largest absolute Gasteiger partial charge is 0.573 e. The van der Waals surface area contributed by atoms with Crippen LogP contribution in [0.3, 0.4) is 0 Å². The molecule has 0 radical (unpaired) electrons. The number of alkyl halides is 3. The van der Waals surface area contributed by atoms with Gasteiger partial charge in [-0.3, -0.25) is 0 Å². The highest BCUT2D eigenvalue weighted by atomic mass is 35.5. The minimum absolute atomic E-state index is 0.308. The van der Waals surface area contributed by atoms with E-state index in [0.717, 1.165) is 0 Å². The van der Waals surface area contributed by atoms with Gasteiger partial charge in [-0.15, -0.1) is 13.2 Å². The molecule has 0 atom stereocenters. The normalized spacial score (nSPS) is 11.2. The first-order valence-corrected chi connectivity index (χ1v) is 9.19. The molecule has 0 amide bonds. The molecule has 0 saturated carbocycles. The van der Waals surface area contributed by atoms with Crippen LogP contribution in [0.2, 0.25) is 10.0 Å². The standard InChI is InChI=1S/C19H15Cl2F3N4O/c1-2-25-18-27-16(11-4-3-5-15(6-11)29-19(22,23)24)10-17(28-18)26-14-8-12(20)7-13(21)9-14/h3-10H,2H2,1H3,(H2,25,26,27,28). The van der Waals surface area contributed by atoms with Crippen LogP contribution in [0, 0.1) is 0 Å². The molecule has 1 heterocycles. The lowest BCUT2D eigenvalue weighted by Gasteiger charge is -2.13. The summed E-state index contributed by atoms with van der Waals surface area (Å²) >= 11 is 12.0. The van der Waals surface area contributed by atoms with Crippen molar-refractivity contribution in [2.45, 2.75) is 13.3 Å². The van der Waals surface area contributed by atoms with E-state index in [1.165, 1.54) is 18.2 Å². The number of anilines is 3. The molecule has 0 unspecified atom stereocenters. The lowest BCUT2D eigenvalue weighted by molar-refractivity contribution is -0.274. The minimum Gasteiger partial charge on any atom is -0.406 e. The molecule has 0 fully saturated rings. The average molecular weight is 443 g/mol. The third-order valence-corrected chi connectivity index (χ3v) is 4.00. The molecule has 2 N–H and O–H groups in total. The van der Waals surface area contributed by atoms with E-state index in [9.17, 15) is 13.2 Å². The van der Waals surface area contributed by atoms with Crippen molar-refractivity contribution >= 4 is 40.7 Å². The monoisotopic (exact) mass is 442 g/mol. The molecule has 0 spiro atoms. The number of hydrogen-bond acceptors (Lipinski definition) is 5. The van der Waals surface area contributed by atoms with E-state index in [0.29, 0.717) is 45.3 Å². The molecule has 5 nitrogen and oxygen atoms in total. The summed E-state index contributed by atoms with van der Waals surface area (Å²) in [5.74, 6) is 0.379. The Hall–Kier alpha value is -2.71. The Kier molecular flexibility index (Phi) is 6.34. The van der Waals surface area contributed by atoms with Gasteiger partial charge in [0, 0.05) is 33.9 Å². The lowest BCUT2D eigenvalue weighted by Crippen LogP contribution is -2.17. The minimum atomic E-state index is -4.78. The number of rotatable bonds is 6. The topological polar surface area (TPSA) is 59.1 Å². The molecule has 152 valence electrons. The highest BCUT2D eigenvalue weighted by Gasteiger charge is 2.31. The first kappa shape index (κ1) is 21.0. The van der Waals surface area contributed by atoms with E-state index in [-0.39, 0.29) is 5.75 Å². The zero-order valence-electron chi connectivity index (χ0n) is 15.0. The summed E-state index contributed by atoms with van der Waals surface area (Å²) in [6, 6.07) is 12.1. The van der Waals surface area contributed by atoms with Gasteiger partial charge in [-0.25, -0.2) is 4.98 Å². The highest BCUT2D eigenvalue weighted by molar-refractivity contribution is 6.35.